The van der Waals surface area contributed by atoms with Crippen molar-refractivity contribution < 1.29 is 9.59 Å². The molecule has 0 bridgehead atoms. The molecule has 0 saturated carbocycles. The second kappa shape index (κ2) is 5.72. The molecule has 0 aromatic carbocycles. The lowest BCUT2D eigenvalue weighted by molar-refractivity contribution is -0.121. The van der Waals surface area contributed by atoms with Crippen LogP contribution >= 0.6 is 0 Å². The fraction of sp³-hybridized carbons (Fsp3) is 0.667. The summed E-state index contributed by atoms with van der Waals surface area (Å²) in [6, 6.07) is 0. The number of H-pyrrole nitrogens is 1. The summed E-state index contributed by atoms with van der Waals surface area (Å²) in [5.74, 6) is 0.0895. The van der Waals surface area contributed by atoms with Gasteiger partial charge < -0.3 is 15.2 Å². The molecule has 0 radical (unpaired) electrons. The van der Waals surface area contributed by atoms with Crippen LogP contribution in [0, 0.1) is 6.92 Å². The van der Waals surface area contributed by atoms with E-state index < -0.39 is 0 Å². The average molecular weight is 305 g/mol. The van der Waals surface area contributed by atoms with Crippen LogP contribution in [0.3, 0.4) is 0 Å². The molecule has 120 valence electrons. The molecule has 1 unspecified atom stereocenters. The number of rotatable bonds is 1. The molecule has 3 heterocycles. The zero-order valence-electron chi connectivity index (χ0n) is 13.2. The molecule has 2 N–H and O–H groups in total. The predicted octanol–water partition coefficient (Wildman–Crippen LogP) is 0.145. The summed E-state index contributed by atoms with van der Waals surface area (Å²) in [6.07, 6.45) is 3.74. The zero-order valence-corrected chi connectivity index (χ0v) is 13.2. The minimum Gasteiger partial charge on any atom is -0.356 e. The summed E-state index contributed by atoms with van der Waals surface area (Å²) in [4.78, 5) is 35.7. The average Bonchev–Trinajstić information content (AvgIpc) is 2.84. The van der Waals surface area contributed by atoms with Crippen LogP contribution in [0.15, 0.2) is 6.33 Å². The van der Waals surface area contributed by atoms with Crippen LogP contribution in [0.4, 0.5) is 0 Å². The van der Waals surface area contributed by atoms with E-state index in [4.69, 9.17) is 0 Å². The van der Waals surface area contributed by atoms with Crippen molar-refractivity contribution in [1.29, 1.82) is 0 Å². The van der Waals surface area contributed by atoms with Gasteiger partial charge in [-0.3, -0.25) is 14.5 Å². The fourth-order valence-corrected chi connectivity index (χ4v) is 3.49. The van der Waals surface area contributed by atoms with E-state index in [2.05, 4.69) is 27.2 Å². The Morgan fingerprint density at radius 1 is 1.36 bits per heavy atom. The lowest BCUT2D eigenvalue weighted by Crippen LogP contribution is -2.62. The number of piperazine rings is 1. The second-order valence-corrected chi connectivity index (χ2v) is 6.35. The van der Waals surface area contributed by atoms with Gasteiger partial charge in [-0.1, -0.05) is 0 Å². The molecule has 1 spiro atoms. The maximum atomic E-state index is 12.7. The molecule has 7 nitrogen and oxygen atoms in total. The largest absolute Gasteiger partial charge is 0.356 e. The molecular weight excluding hydrogens is 282 g/mol. The maximum absolute atomic E-state index is 12.7. The highest BCUT2D eigenvalue weighted by atomic mass is 16.2. The number of hydrogen-bond donors (Lipinski definition) is 2. The summed E-state index contributed by atoms with van der Waals surface area (Å²) >= 11 is 0. The summed E-state index contributed by atoms with van der Waals surface area (Å²) in [7, 11) is 2.09. The lowest BCUT2D eigenvalue weighted by Gasteiger charge is -2.49. The highest BCUT2D eigenvalue weighted by Crippen LogP contribution is 2.31. The third-order valence-corrected chi connectivity index (χ3v) is 5.05. The number of imidazole rings is 1. The molecule has 1 atom stereocenters. The van der Waals surface area contributed by atoms with Crippen LogP contribution in [0.1, 0.15) is 35.4 Å². The second-order valence-electron chi connectivity index (χ2n) is 6.35. The van der Waals surface area contributed by atoms with E-state index in [9.17, 15) is 9.59 Å². The van der Waals surface area contributed by atoms with Crippen molar-refractivity contribution in [1.82, 2.24) is 25.1 Å². The SMILES string of the molecule is Cc1[nH]cnc1C(=O)N1CCN(C)C2(CCNC(=O)CC2)C1. The van der Waals surface area contributed by atoms with E-state index in [0.29, 0.717) is 31.7 Å². The van der Waals surface area contributed by atoms with Crippen molar-refractivity contribution >= 4 is 11.8 Å². The molecule has 2 aliphatic heterocycles. The normalized spacial score (nSPS) is 26.8. The van der Waals surface area contributed by atoms with Crippen LogP contribution in [-0.2, 0) is 4.79 Å². The molecule has 22 heavy (non-hydrogen) atoms. The van der Waals surface area contributed by atoms with Gasteiger partial charge in [-0.05, 0) is 26.8 Å². The van der Waals surface area contributed by atoms with E-state index in [-0.39, 0.29) is 17.4 Å². The van der Waals surface area contributed by atoms with Crippen molar-refractivity contribution in [3.8, 4) is 0 Å². The number of carbonyl (C=O) groups is 2. The van der Waals surface area contributed by atoms with E-state index in [1.807, 2.05) is 11.8 Å². The van der Waals surface area contributed by atoms with Crippen LogP contribution < -0.4 is 5.32 Å². The monoisotopic (exact) mass is 305 g/mol. The number of amides is 2. The Balaban J connectivity index is 1.80. The number of aromatic amines is 1. The highest BCUT2D eigenvalue weighted by molar-refractivity contribution is 5.93. The van der Waals surface area contributed by atoms with E-state index >= 15 is 0 Å². The molecule has 2 amide bonds. The van der Waals surface area contributed by atoms with Gasteiger partial charge in [0.05, 0.1) is 6.33 Å². The van der Waals surface area contributed by atoms with E-state index in [1.54, 1.807) is 6.33 Å². The smallest absolute Gasteiger partial charge is 0.274 e. The molecule has 3 rings (SSSR count). The lowest BCUT2D eigenvalue weighted by atomic mass is 9.86. The first-order valence-electron chi connectivity index (χ1n) is 7.79. The van der Waals surface area contributed by atoms with Gasteiger partial charge in [0.15, 0.2) is 0 Å². The number of aryl methyl sites for hydroxylation is 1. The van der Waals surface area contributed by atoms with Crippen molar-refractivity contribution in [2.75, 3.05) is 33.2 Å². The third-order valence-electron chi connectivity index (χ3n) is 5.05. The van der Waals surface area contributed by atoms with Gasteiger partial charge >= 0.3 is 0 Å². The highest BCUT2D eigenvalue weighted by Gasteiger charge is 2.42. The van der Waals surface area contributed by atoms with Crippen molar-refractivity contribution in [3.63, 3.8) is 0 Å². The molecular formula is C15H23N5O2. The summed E-state index contributed by atoms with van der Waals surface area (Å²) in [6.45, 7) is 4.71. The first kappa shape index (κ1) is 15.0. The molecule has 1 aromatic rings. The van der Waals surface area contributed by atoms with Gasteiger partial charge in [0.25, 0.3) is 5.91 Å². The zero-order chi connectivity index (χ0) is 15.7. The van der Waals surface area contributed by atoms with E-state index in [1.165, 1.54) is 0 Å². The Morgan fingerprint density at radius 3 is 2.91 bits per heavy atom. The number of aromatic nitrogens is 2. The Labute approximate surface area is 130 Å². The predicted molar refractivity (Wildman–Crippen MR) is 81.4 cm³/mol. The Morgan fingerprint density at radius 2 is 2.18 bits per heavy atom. The minimum atomic E-state index is -0.114. The number of hydrogen-bond acceptors (Lipinski definition) is 4. The van der Waals surface area contributed by atoms with E-state index in [0.717, 1.165) is 25.1 Å². The van der Waals surface area contributed by atoms with Crippen LogP contribution in [-0.4, -0.2) is 70.3 Å². The molecule has 7 heteroatoms. The van der Waals surface area contributed by atoms with Gasteiger partial charge in [-0.15, -0.1) is 0 Å². The summed E-state index contributed by atoms with van der Waals surface area (Å²) in [5, 5.41) is 2.93. The Kier molecular flexibility index (Phi) is 3.90. The molecule has 2 aliphatic rings. The topological polar surface area (TPSA) is 81.3 Å². The first-order chi connectivity index (χ1) is 10.5. The van der Waals surface area contributed by atoms with Crippen LogP contribution in [0.2, 0.25) is 0 Å². The maximum Gasteiger partial charge on any atom is 0.274 e. The third kappa shape index (κ3) is 2.61. The van der Waals surface area contributed by atoms with Gasteiger partial charge in [0.2, 0.25) is 5.91 Å². The first-order valence-corrected chi connectivity index (χ1v) is 7.79. The molecule has 2 saturated heterocycles. The molecule has 2 fully saturated rings. The molecule has 1 aromatic heterocycles. The van der Waals surface area contributed by atoms with Crippen molar-refractivity contribution in [2.45, 2.75) is 31.7 Å². The van der Waals surface area contributed by atoms with Gasteiger partial charge in [0, 0.05) is 43.8 Å². The number of nitrogens with one attached hydrogen (secondary N) is 2. The standard InChI is InChI=1S/C15H23N5O2/c1-11-13(18-10-17-11)14(22)20-8-7-19(2)15(9-20)4-3-12(21)16-6-5-15/h10H,3-9H2,1-2H3,(H,16,21)(H,17,18). The number of nitrogens with zero attached hydrogens (tertiary/aromatic N) is 3. The fourth-order valence-electron chi connectivity index (χ4n) is 3.49. The quantitative estimate of drug-likeness (QED) is 0.773. The number of carbonyl (C=O) groups excluding carboxylic acids is 2. The minimum absolute atomic E-state index is 0.0187. The molecule has 0 aliphatic carbocycles. The van der Waals surface area contributed by atoms with Gasteiger partial charge in [-0.2, -0.15) is 0 Å². The number of likely N-dealkylation sites (N-methyl/N-ethyl adjacent to an activating group) is 1. The Hall–Kier alpha value is -1.89. The van der Waals surface area contributed by atoms with Crippen LogP contribution in [0.25, 0.3) is 0 Å². The summed E-state index contributed by atoms with van der Waals surface area (Å²) in [5.41, 5.74) is 1.19. The Bertz CT molecular complexity index is 584. The van der Waals surface area contributed by atoms with Crippen LogP contribution in [0.5, 0.6) is 0 Å². The van der Waals surface area contributed by atoms with Crippen molar-refractivity contribution in [2.24, 2.45) is 0 Å². The van der Waals surface area contributed by atoms with Crippen molar-refractivity contribution in [3.05, 3.63) is 17.7 Å². The van der Waals surface area contributed by atoms with Gasteiger partial charge in [-0.25, -0.2) is 4.98 Å². The van der Waals surface area contributed by atoms with Gasteiger partial charge in [0.1, 0.15) is 5.69 Å². The summed E-state index contributed by atoms with van der Waals surface area (Å²) < 4.78 is 0.